The Balaban J connectivity index is 2.42. The van der Waals surface area contributed by atoms with Gasteiger partial charge >= 0.3 is 0 Å². The first-order chi connectivity index (χ1) is 9.67. The molecule has 0 saturated heterocycles. The van der Waals surface area contributed by atoms with Crippen molar-refractivity contribution in [1.82, 2.24) is 5.32 Å². The molecule has 1 N–H and O–H groups in total. The van der Waals surface area contributed by atoms with E-state index in [0.29, 0.717) is 11.3 Å². The fourth-order valence-corrected chi connectivity index (χ4v) is 3.24. The highest BCUT2D eigenvalue weighted by molar-refractivity contribution is 8.04. The second-order valence-electron chi connectivity index (χ2n) is 5.40. The molecule has 1 rings (SSSR count). The second-order valence-corrected chi connectivity index (χ2v) is 6.54. The molecular formula is C16H27NO2S. The Hall–Kier alpha value is -0.770. The van der Waals surface area contributed by atoms with Crippen LogP contribution in [-0.2, 0) is 9.59 Å². The highest BCUT2D eigenvalue weighted by Crippen LogP contribution is 2.22. The van der Waals surface area contributed by atoms with Crippen molar-refractivity contribution >= 4 is 23.5 Å². The highest BCUT2D eigenvalue weighted by atomic mass is 32.2. The zero-order chi connectivity index (χ0) is 14.8. The predicted molar refractivity (Wildman–Crippen MR) is 85.8 cm³/mol. The molecular weight excluding hydrogens is 270 g/mol. The molecule has 0 bridgehead atoms. The number of carbonyl (C=O) groups is 2. The lowest BCUT2D eigenvalue weighted by molar-refractivity contribution is -0.117. The smallest absolute Gasteiger partial charge is 0.258 e. The molecule has 0 radical (unpaired) electrons. The number of amides is 1. The summed E-state index contributed by atoms with van der Waals surface area (Å²) >= 11 is 1.53. The molecule has 1 aliphatic rings. The van der Waals surface area contributed by atoms with E-state index >= 15 is 0 Å². The number of ketones is 1. The number of thioether (sulfide) groups is 1. The van der Waals surface area contributed by atoms with E-state index in [-0.39, 0.29) is 17.7 Å². The van der Waals surface area contributed by atoms with Crippen LogP contribution in [0.2, 0.25) is 0 Å². The van der Waals surface area contributed by atoms with Crippen molar-refractivity contribution in [2.24, 2.45) is 0 Å². The maximum atomic E-state index is 12.1. The van der Waals surface area contributed by atoms with Crippen LogP contribution in [0.3, 0.4) is 0 Å². The van der Waals surface area contributed by atoms with Gasteiger partial charge in [0.15, 0.2) is 5.78 Å². The lowest BCUT2D eigenvalue weighted by atomic mass is 10.1. The molecule has 0 aromatic rings. The summed E-state index contributed by atoms with van der Waals surface area (Å²) in [6, 6.07) is 0.0180. The van der Waals surface area contributed by atoms with Crippen LogP contribution in [0.25, 0.3) is 0 Å². The zero-order valence-electron chi connectivity index (χ0n) is 12.7. The minimum Gasteiger partial charge on any atom is -0.348 e. The Bertz CT molecular complexity index is 352. The van der Waals surface area contributed by atoms with Crippen molar-refractivity contribution < 1.29 is 9.59 Å². The molecule has 20 heavy (non-hydrogen) atoms. The molecule has 0 aromatic heterocycles. The van der Waals surface area contributed by atoms with E-state index in [1.54, 1.807) is 6.08 Å². The fourth-order valence-electron chi connectivity index (χ4n) is 2.26. The van der Waals surface area contributed by atoms with E-state index < -0.39 is 0 Å². The van der Waals surface area contributed by atoms with E-state index in [1.807, 2.05) is 0 Å². The van der Waals surface area contributed by atoms with Gasteiger partial charge in [0.25, 0.3) is 5.91 Å². The molecule has 0 fully saturated rings. The molecule has 3 nitrogen and oxygen atoms in total. The number of nitrogens with one attached hydrogen (secondary N) is 1. The van der Waals surface area contributed by atoms with Crippen molar-refractivity contribution in [2.75, 3.05) is 5.75 Å². The van der Waals surface area contributed by atoms with Crippen LogP contribution in [-0.4, -0.2) is 23.5 Å². The molecule has 1 heterocycles. The number of allylic oxidation sites excluding steroid dienone is 1. The summed E-state index contributed by atoms with van der Waals surface area (Å²) < 4.78 is 0. The molecule has 1 atom stereocenters. The highest BCUT2D eigenvalue weighted by Gasteiger charge is 2.22. The van der Waals surface area contributed by atoms with Gasteiger partial charge in [0, 0.05) is 18.5 Å². The number of unbranched alkanes of at least 4 members (excludes halogenated alkanes) is 4. The van der Waals surface area contributed by atoms with E-state index in [4.69, 9.17) is 0 Å². The zero-order valence-corrected chi connectivity index (χ0v) is 13.6. The van der Waals surface area contributed by atoms with Gasteiger partial charge < -0.3 is 5.32 Å². The summed E-state index contributed by atoms with van der Waals surface area (Å²) in [5, 5.41) is 3.00. The van der Waals surface area contributed by atoms with Crippen molar-refractivity contribution in [3.05, 3.63) is 11.0 Å². The Morgan fingerprint density at radius 1 is 1.15 bits per heavy atom. The SMILES string of the molecule is CCCCCCSC1=CC(=O)CC(CCCC)NC1=O. The third-order valence-corrected chi connectivity index (χ3v) is 4.57. The fraction of sp³-hybridized carbons (Fsp3) is 0.750. The van der Waals surface area contributed by atoms with Crippen LogP contribution in [0.4, 0.5) is 0 Å². The number of carbonyl (C=O) groups excluding carboxylic acids is 2. The molecule has 0 spiro atoms. The van der Waals surface area contributed by atoms with Gasteiger partial charge in [-0.3, -0.25) is 9.59 Å². The normalized spacial score (nSPS) is 19.5. The molecule has 0 aromatic carbocycles. The Morgan fingerprint density at radius 2 is 1.90 bits per heavy atom. The summed E-state index contributed by atoms with van der Waals surface area (Å²) in [5.41, 5.74) is 0. The molecule has 0 aliphatic carbocycles. The first kappa shape index (κ1) is 17.3. The third-order valence-electron chi connectivity index (χ3n) is 3.46. The van der Waals surface area contributed by atoms with Gasteiger partial charge in [0.2, 0.25) is 0 Å². The molecule has 114 valence electrons. The Morgan fingerprint density at radius 3 is 2.60 bits per heavy atom. The van der Waals surface area contributed by atoms with E-state index in [1.165, 1.54) is 31.0 Å². The predicted octanol–water partition coefficient (Wildman–Crippen LogP) is 3.83. The summed E-state index contributed by atoms with van der Waals surface area (Å²) in [6.45, 7) is 4.31. The van der Waals surface area contributed by atoms with Crippen molar-refractivity contribution in [1.29, 1.82) is 0 Å². The first-order valence-corrected chi connectivity index (χ1v) is 8.84. The standard InChI is InChI=1S/C16H27NO2S/c1-3-5-7-8-10-20-15-12-14(18)11-13(9-6-4-2)17-16(15)19/h12-13H,3-11H2,1-2H3,(H,17,19). The minimum absolute atomic E-state index is 0.0180. The van der Waals surface area contributed by atoms with Crippen LogP contribution in [0.15, 0.2) is 11.0 Å². The average molecular weight is 297 g/mol. The van der Waals surface area contributed by atoms with Crippen LogP contribution in [0.1, 0.15) is 65.2 Å². The summed E-state index contributed by atoms with van der Waals surface area (Å²) in [7, 11) is 0. The monoisotopic (exact) mass is 297 g/mol. The first-order valence-electron chi connectivity index (χ1n) is 7.85. The molecule has 0 saturated carbocycles. The largest absolute Gasteiger partial charge is 0.348 e. The molecule has 1 aliphatic heterocycles. The van der Waals surface area contributed by atoms with Gasteiger partial charge in [-0.05, 0) is 18.6 Å². The summed E-state index contributed by atoms with van der Waals surface area (Å²) in [5.74, 6) is 0.949. The second kappa shape index (κ2) is 10.0. The van der Waals surface area contributed by atoms with E-state index in [0.717, 1.165) is 31.4 Å². The maximum absolute atomic E-state index is 12.1. The maximum Gasteiger partial charge on any atom is 0.258 e. The van der Waals surface area contributed by atoms with Crippen LogP contribution >= 0.6 is 11.8 Å². The third kappa shape index (κ3) is 6.60. The van der Waals surface area contributed by atoms with Crippen molar-refractivity contribution in [2.45, 2.75) is 71.3 Å². The van der Waals surface area contributed by atoms with Gasteiger partial charge in [0.1, 0.15) is 0 Å². The lowest BCUT2D eigenvalue weighted by Crippen LogP contribution is -2.34. The van der Waals surface area contributed by atoms with Crippen molar-refractivity contribution in [3.8, 4) is 0 Å². The van der Waals surface area contributed by atoms with Crippen molar-refractivity contribution in [3.63, 3.8) is 0 Å². The van der Waals surface area contributed by atoms with Gasteiger partial charge in [-0.1, -0.05) is 46.0 Å². The molecule has 1 unspecified atom stereocenters. The van der Waals surface area contributed by atoms with Crippen LogP contribution in [0.5, 0.6) is 0 Å². The van der Waals surface area contributed by atoms with E-state index in [9.17, 15) is 9.59 Å². The summed E-state index contributed by atoms with van der Waals surface area (Å²) in [4.78, 5) is 24.6. The molecule has 4 heteroatoms. The topological polar surface area (TPSA) is 46.2 Å². The van der Waals surface area contributed by atoms with Gasteiger partial charge in [0.05, 0.1) is 4.91 Å². The molecule has 1 amide bonds. The minimum atomic E-state index is -0.0579. The van der Waals surface area contributed by atoms with Gasteiger partial charge in [-0.15, -0.1) is 11.8 Å². The van der Waals surface area contributed by atoms with Crippen LogP contribution in [0, 0.1) is 0 Å². The van der Waals surface area contributed by atoms with Gasteiger partial charge in [-0.25, -0.2) is 0 Å². The summed E-state index contributed by atoms with van der Waals surface area (Å²) in [6.07, 6.45) is 9.80. The average Bonchev–Trinajstić information content (AvgIpc) is 2.55. The quantitative estimate of drug-likeness (QED) is 0.658. The number of hydrogen-bond acceptors (Lipinski definition) is 3. The number of rotatable bonds is 9. The van der Waals surface area contributed by atoms with Crippen LogP contribution < -0.4 is 5.32 Å². The number of hydrogen-bond donors (Lipinski definition) is 1. The van der Waals surface area contributed by atoms with Gasteiger partial charge in [-0.2, -0.15) is 0 Å². The van der Waals surface area contributed by atoms with E-state index in [2.05, 4.69) is 19.2 Å². The Labute approximate surface area is 127 Å². The Kier molecular flexibility index (Phi) is 8.67. The lowest BCUT2D eigenvalue weighted by Gasteiger charge is -2.15.